The maximum Gasteiger partial charge on any atom is 0.220 e. The van der Waals surface area contributed by atoms with Crippen molar-refractivity contribution in [3.63, 3.8) is 0 Å². The predicted molar refractivity (Wildman–Crippen MR) is 337 cm³/mol. The topological polar surface area (TPSA) is 307 Å². The van der Waals surface area contributed by atoms with E-state index in [9.17, 15) is 61.0 Å². The van der Waals surface area contributed by atoms with Crippen LogP contribution >= 0.6 is 0 Å². The highest BCUT2D eigenvalue weighted by atomic mass is 16.8. The molecule has 12 N–H and O–H groups in total. The normalized spacial score (nSPS) is 28.7. The highest BCUT2D eigenvalue weighted by Gasteiger charge is 2.53. The summed E-state index contributed by atoms with van der Waals surface area (Å²) in [5.41, 5.74) is 0. The largest absolute Gasteiger partial charge is 0.394 e. The first-order valence-electron chi connectivity index (χ1n) is 35.1. The lowest BCUT2D eigenvalue weighted by molar-refractivity contribution is -0.379. The number of aliphatic hydroxyl groups excluding tert-OH is 11. The summed E-state index contributed by atoms with van der Waals surface area (Å²) in [6, 6.07) is -0.894. The molecule has 17 unspecified atom stereocenters. The Morgan fingerprint density at radius 2 is 0.759 bits per heavy atom. The maximum absolute atomic E-state index is 13.4. The number of unbranched alkanes of at least 4 members (excludes halogenated alkanes) is 34. The van der Waals surface area contributed by atoms with Crippen molar-refractivity contribution in [3.05, 3.63) is 24.3 Å². The van der Waals surface area contributed by atoms with Gasteiger partial charge in [0.25, 0.3) is 0 Å². The van der Waals surface area contributed by atoms with Crippen LogP contribution < -0.4 is 5.32 Å². The van der Waals surface area contributed by atoms with Crippen LogP contribution in [0.15, 0.2) is 24.3 Å². The standard InChI is InChI=1S/C68H127NO18/c1-3-5-7-9-11-13-15-17-19-21-22-23-24-25-26-27-28-29-30-31-33-35-37-39-41-43-45-52(73)51(69-56(74)46-44-42-40-38-36-34-32-20-18-16-14-12-10-8-6-4-2)50-82-66-62(80)59(77)64(54(48-71)84-66)87-68-63(81)60(78)65(55(49-72)85-68)86-67-61(79)58(76)57(75)53(47-70)83-67/h14,16,20,32,51-55,57-68,70-73,75-81H,3-13,15,17-19,21-31,33-50H2,1-2H3,(H,69,74)/b16-14-,32-20-. The molecule has 3 aliphatic rings. The third-order valence-electron chi connectivity index (χ3n) is 17.8. The molecule has 3 aliphatic heterocycles. The van der Waals surface area contributed by atoms with Gasteiger partial charge in [0.15, 0.2) is 18.9 Å². The van der Waals surface area contributed by atoms with Gasteiger partial charge < -0.3 is 89.9 Å². The number of rotatable bonds is 54. The molecule has 19 heteroatoms. The van der Waals surface area contributed by atoms with Gasteiger partial charge in [0.1, 0.15) is 73.2 Å². The Labute approximate surface area is 524 Å². The number of allylic oxidation sites excluding steroid dienone is 4. The molecule has 3 saturated heterocycles. The smallest absolute Gasteiger partial charge is 0.220 e. The van der Waals surface area contributed by atoms with E-state index < -0.39 is 124 Å². The minimum Gasteiger partial charge on any atom is -0.394 e. The first kappa shape index (κ1) is 79.5. The quantitative estimate of drug-likeness (QED) is 0.0200. The second kappa shape index (κ2) is 50.8. The van der Waals surface area contributed by atoms with Gasteiger partial charge in [0.2, 0.25) is 5.91 Å². The van der Waals surface area contributed by atoms with E-state index in [1.807, 2.05) is 0 Å². The number of carbonyl (C=O) groups is 1. The lowest BCUT2D eigenvalue weighted by atomic mass is 9.96. The van der Waals surface area contributed by atoms with Gasteiger partial charge in [0.05, 0.1) is 38.6 Å². The summed E-state index contributed by atoms with van der Waals surface area (Å²) < 4.78 is 34.4. The van der Waals surface area contributed by atoms with Crippen molar-refractivity contribution in [3.8, 4) is 0 Å². The summed E-state index contributed by atoms with van der Waals surface area (Å²) in [6.07, 6.45) is 29.7. The maximum atomic E-state index is 13.4. The number of hydrogen-bond donors (Lipinski definition) is 12. The zero-order chi connectivity index (χ0) is 63.3. The number of aliphatic hydroxyl groups is 11. The van der Waals surface area contributed by atoms with Crippen molar-refractivity contribution in [2.75, 3.05) is 26.4 Å². The van der Waals surface area contributed by atoms with E-state index in [1.165, 1.54) is 167 Å². The van der Waals surface area contributed by atoms with Gasteiger partial charge in [0, 0.05) is 6.42 Å². The molecular weight excluding hydrogens is 1120 g/mol. The molecule has 0 aromatic carbocycles. The zero-order valence-corrected chi connectivity index (χ0v) is 54.0. The van der Waals surface area contributed by atoms with Crippen LogP contribution in [-0.2, 0) is 33.2 Å². The van der Waals surface area contributed by atoms with Crippen molar-refractivity contribution in [1.82, 2.24) is 5.32 Å². The van der Waals surface area contributed by atoms with Gasteiger partial charge in [-0.25, -0.2) is 0 Å². The summed E-state index contributed by atoms with van der Waals surface area (Å²) in [5, 5.41) is 121. The Kier molecular flexibility index (Phi) is 46.4. The summed E-state index contributed by atoms with van der Waals surface area (Å²) in [4.78, 5) is 13.4. The average molecular weight is 1250 g/mol. The lowest BCUT2D eigenvalue weighted by Gasteiger charge is -2.48. The molecule has 3 rings (SSSR count). The van der Waals surface area contributed by atoms with E-state index in [1.54, 1.807) is 0 Å². The molecule has 0 radical (unpaired) electrons. The fourth-order valence-electron chi connectivity index (χ4n) is 12.1. The second-order valence-corrected chi connectivity index (χ2v) is 25.3. The highest BCUT2D eigenvalue weighted by molar-refractivity contribution is 5.76. The molecule has 87 heavy (non-hydrogen) atoms. The van der Waals surface area contributed by atoms with E-state index in [0.717, 1.165) is 70.6 Å². The Balaban J connectivity index is 1.42. The van der Waals surface area contributed by atoms with Gasteiger partial charge in [-0.15, -0.1) is 0 Å². The second-order valence-electron chi connectivity index (χ2n) is 25.3. The van der Waals surface area contributed by atoms with Gasteiger partial charge in [-0.2, -0.15) is 0 Å². The SMILES string of the molecule is CCCCCC/C=C\C/C=C\CCCCCCCC(=O)NC(COC1OC(CO)C(OC2OC(CO)C(OC3OC(CO)C(O)C(O)C3O)C(O)C2O)C(O)C1O)C(O)CCCCCCCCCCCCCCCCCCCCCCCCCCCC. The van der Waals surface area contributed by atoms with Crippen LogP contribution in [0.1, 0.15) is 271 Å². The Bertz CT molecular complexity index is 1680. The van der Waals surface area contributed by atoms with Crippen LogP contribution in [0.3, 0.4) is 0 Å². The van der Waals surface area contributed by atoms with E-state index in [-0.39, 0.29) is 18.9 Å². The molecule has 0 spiro atoms. The van der Waals surface area contributed by atoms with Crippen molar-refractivity contribution in [2.45, 2.75) is 375 Å². The summed E-state index contributed by atoms with van der Waals surface area (Å²) >= 11 is 0. The number of amides is 1. The molecule has 19 nitrogen and oxygen atoms in total. The monoisotopic (exact) mass is 1250 g/mol. The van der Waals surface area contributed by atoms with Crippen molar-refractivity contribution < 1.29 is 89.4 Å². The zero-order valence-electron chi connectivity index (χ0n) is 54.0. The number of ether oxygens (including phenoxy) is 6. The minimum absolute atomic E-state index is 0.252. The minimum atomic E-state index is -1.97. The van der Waals surface area contributed by atoms with Crippen LogP contribution in [0.25, 0.3) is 0 Å². The summed E-state index contributed by atoms with van der Waals surface area (Å²) in [7, 11) is 0. The van der Waals surface area contributed by atoms with Gasteiger partial charge in [-0.05, 0) is 44.9 Å². The molecule has 512 valence electrons. The molecule has 0 aromatic heterocycles. The van der Waals surface area contributed by atoms with E-state index in [4.69, 9.17) is 28.4 Å². The molecular formula is C68H127NO18. The lowest BCUT2D eigenvalue weighted by Crippen LogP contribution is -2.66. The van der Waals surface area contributed by atoms with Gasteiger partial charge in [-0.3, -0.25) is 4.79 Å². The molecule has 0 aromatic rings. The summed E-state index contributed by atoms with van der Waals surface area (Å²) in [5.74, 6) is -0.254. The molecule has 0 aliphatic carbocycles. The van der Waals surface area contributed by atoms with E-state index in [0.29, 0.717) is 12.8 Å². The molecule has 1 amide bonds. The van der Waals surface area contributed by atoms with Crippen LogP contribution in [0.5, 0.6) is 0 Å². The Morgan fingerprint density at radius 1 is 0.414 bits per heavy atom. The number of nitrogens with one attached hydrogen (secondary N) is 1. The molecule has 0 bridgehead atoms. The molecule has 3 heterocycles. The molecule has 0 saturated carbocycles. The van der Waals surface area contributed by atoms with Crippen LogP contribution in [0.2, 0.25) is 0 Å². The number of carbonyl (C=O) groups excluding carboxylic acids is 1. The van der Waals surface area contributed by atoms with Crippen molar-refractivity contribution >= 4 is 5.91 Å². The van der Waals surface area contributed by atoms with Crippen LogP contribution in [0, 0.1) is 0 Å². The van der Waals surface area contributed by atoms with E-state index >= 15 is 0 Å². The molecule has 17 atom stereocenters. The third kappa shape index (κ3) is 33.1. The van der Waals surface area contributed by atoms with Crippen molar-refractivity contribution in [1.29, 1.82) is 0 Å². The fraction of sp³-hybridized carbons (Fsp3) is 0.926. The Hall–Kier alpha value is -1.73. The van der Waals surface area contributed by atoms with Gasteiger partial charge in [-0.1, -0.05) is 244 Å². The Morgan fingerprint density at radius 3 is 1.18 bits per heavy atom. The molecule has 3 fully saturated rings. The first-order chi connectivity index (χ1) is 42.3. The third-order valence-corrected chi connectivity index (χ3v) is 17.8. The van der Waals surface area contributed by atoms with Crippen molar-refractivity contribution in [2.24, 2.45) is 0 Å². The van der Waals surface area contributed by atoms with Crippen LogP contribution in [0.4, 0.5) is 0 Å². The number of hydrogen-bond acceptors (Lipinski definition) is 18. The highest BCUT2D eigenvalue weighted by Crippen LogP contribution is 2.33. The van der Waals surface area contributed by atoms with Gasteiger partial charge >= 0.3 is 0 Å². The predicted octanol–water partition coefficient (Wildman–Crippen LogP) is 9.05. The van der Waals surface area contributed by atoms with E-state index in [2.05, 4.69) is 43.5 Å². The fourth-order valence-corrected chi connectivity index (χ4v) is 12.1. The first-order valence-corrected chi connectivity index (χ1v) is 35.1. The summed E-state index contributed by atoms with van der Waals surface area (Å²) in [6.45, 7) is 1.79. The average Bonchev–Trinajstić information content (AvgIpc) is 2.88. The van der Waals surface area contributed by atoms with Crippen LogP contribution in [-0.4, -0.2) is 193 Å².